The topological polar surface area (TPSA) is 88.3 Å². The summed E-state index contributed by atoms with van der Waals surface area (Å²) in [6.45, 7) is 4.15. The van der Waals surface area contributed by atoms with E-state index in [0.717, 1.165) is 41.2 Å². The molecule has 0 fully saturated rings. The van der Waals surface area contributed by atoms with Gasteiger partial charge in [0.2, 0.25) is 0 Å². The number of carboxylic acids is 1. The first-order valence-electron chi connectivity index (χ1n) is 8.42. The number of furan rings is 1. The molecule has 1 aliphatic carbocycles. The van der Waals surface area contributed by atoms with E-state index >= 15 is 0 Å². The zero-order valence-electron chi connectivity index (χ0n) is 14.3. The van der Waals surface area contributed by atoms with Crippen LogP contribution in [0.4, 0.5) is 5.82 Å². The van der Waals surface area contributed by atoms with Gasteiger partial charge in [0.1, 0.15) is 12.1 Å². The van der Waals surface area contributed by atoms with Gasteiger partial charge in [-0.25, -0.2) is 9.97 Å². The van der Waals surface area contributed by atoms with E-state index in [-0.39, 0.29) is 0 Å². The Morgan fingerprint density at radius 2 is 2.20 bits per heavy atom. The Labute approximate surface area is 146 Å². The van der Waals surface area contributed by atoms with Gasteiger partial charge in [-0.15, -0.1) is 0 Å². The molecule has 0 aromatic carbocycles. The van der Waals surface area contributed by atoms with Gasteiger partial charge in [0.05, 0.1) is 17.7 Å². The highest BCUT2D eigenvalue weighted by atomic mass is 16.4. The number of aryl methyl sites for hydroxylation is 1. The molecule has 0 amide bonds. The highest BCUT2D eigenvalue weighted by Crippen LogP contribution is 2.26. The molecule has 0 saturated heterocycles. The standard InChI is InChI=1S/C19H21N3O3/c1-3-15-16(4-2)21-17(13-9-10-25-11-13)22-18(15)20-14-7-5-12(6-8-14)19(23)24/h5,7-12H,3-4,6H2,1-2H3,(H,23,24)(H,20,21,22). The molecule has 2 aromatic rings. The van der Waals surface area contributed by atoms with E-state index in [9.17, 15) is 4.79 Å². The van der Waals surface area contributed by atoms with Gasteiger partial charge in [-0.3, -0.25) is 4.79 Å². The van der Waals surface area contributed by atoms with E-state index in [1.807, 2.05) is 12.1 Å². The van der Waals surface area contributed by atoms with Crippen LogP contribution in [0, 0.1) is 5.92 Å². The summed E-state index contributed by atoms with van der Waals surface area (Å²) in [4.78, 5) is 20.4. The summed E-state index contributed by atoms with van der Waals surface area (Å²) in [5.74, 6) is 0.108. The molecule has 3 rings (SSSR count). The Morgan fingerprint density at radius 3 is 2.76 bits per heavy atom. The number of nitrogens with zero attached hydrogens (tertiary/aromatic N) is 2. The van der Waals surface area contributed by atoms with Gasteiger partial charge >= 0.3 is 5.97 Å². The quantitative estimate of drug-likeness (QED) is 0.832. The number of nitrogens with one attached hydrogen (secondary N) is 1. The van der Waals surface area contributed by atoms with Crippen LogP contribution in [0.3, 0.4) is 0 Å². The Morgan fingerprint density at radius 1 is 1.36 bits per heavy atom. The molecular weight excluding hydrogens is 318 g/mol. The normalized spacial score (nSPS) is 16.6. The molecule has 130 valence electrons. The lowest BCUT2D eigenvalue weighted by Gasteiger charge is -2.17. The molecule has 6 heteroatoms. The molecular formula is C19H21N3O3. The molecule has 1 unspecified atom stereocenters. The van der Waals surface area contributed by atoms with Crippen molar-refractivity contribution in [1.82, 2.24) is 9.97 Å². The fraction of sp³-hybridized carbons (Fsp3) is 0.316. The minimum Gasteiger partial charge on any atom is -0.481 e. The van der Waals surface area contributed by atoms with Gasteiger partial charge in [-0.1, -0.05) is 26.0 Å². The highest BCUT2D eigenvalue weighted by Gasteiger charge is 2.18. The first-order chi connectivity index (χ1) is 12.1. The fourth-order valence-corrected chi connectivity index (χ4v) is 2.85. The van der Waals surface area contributed by atoms with Crippen LogP contribution in [-0.4, -0.2) is 21.0 Å². The maximum Gasteiger partial charge on any atom is 0.310 e. The number of aliphatic carboxylic acids is 1. The van der Waals surface area contributed by atoms with Crippen molar-refractivity contribution in [3.05, 3.63) is 53.8 Å². The monoisotopic (exact) mass is 339 g/mol. The predicted octanol–water partition coefficient (Wildman–Crippen LogP) is 3.82. The number of carboxylic acid groups (broad SMARTS) is 1. The smallest absolute Gasteiger partial charge is 0.310 e. The van der Waals surface area contributed by atoms with Crippen molar-refractivity contribution in [1.29, 1.82) is 0 Å². The molecule has 0 radical (unpaired) electrons. The molecule has 1 atom stereocenters. The third kappa shape index (κ3) is 3.63. The summed E-state index contributed by atoms with van der Waals surface area (Å²) in [6.07, 6.45) is 10.7. The maximum absolute atomic E-state index is 11.0. The third-order valence-electron chi connectivity index (χ3n) is 4.24. The molecule has 6 nitrogen and oxygen atoms in total. The van der Waals surface area contributed by atoms with Gasteiger partial charge < -0.3 is 14.8 Å². The van der Waals surface area contributed by atoms with Crippen LogP contribution in [0.1, 0.15) is 31.5 Å². The van der Waals surface area contributed by atoms with Crippen molar-refractivity contribution in [2.45, 2.75) is 33.1 Å². The Bertz CT molecular complexity index is 823. The van der Waals surface area contributed by atoms with Crippen LogP contribution in [-0.2, 0) is 17.6 Å². The van der Waals surface area contributed by atoms with E-state index in [1.165, 1.54) is 0 Å². The molecule has 0 saturated carbocycles. The van der Waals surface area contributed by atoms with E-state index in [2.05, 4.69) is 29.1 Å². The number of aromatic nitrogens is 2. The van der Waals surface area contributed by atoms with Crippen LogP contribution in [0.25, 0.3) is 11.4 Å². The van der Waals surface area contributed by atoms with Crippen molar-refractivity contribution >= 4 is 11.8 Å². The average molecular weight is 339 g/mol. The van der Waals surface area contributed by atoms with Gasteiger partial charge in [0.15, 0.2) is 5.82 Å². The summed E-state index contributed by atoms with van der Waals surface area (Å²) in [7, 11) is 0. The summed E-state index contributed by atoms with van der Waals surface area (Å²) in [5.41, 5.74) is 3.76. The summed E-state index contributed by atoms with van der Waals surface area (Å²) < 4.78 is 5.14. The molecule has 0 spiro atoms. The van der Waals surface area contributed by atoms with Crippen LogP contribution in [0.15, 0.2) is 46.9 Å². The van der Waals surface area contributed by atoms with Crippen molar-refractivity contribution in [3.63, 3.8) is 0 Å². The van der Waals surface area contributed by atoms with Crippen molar-refractivity contribution < 1.29 is 14.3 Å². The van der Waals surface area contributed by atoms with Gasteiger partial charge in [0.25, 0.3) is 0 Å². The predicted molar refractivity (Wildman–Crippen MR) is 95.1 cm³/mol. The van der Waals surface area contributed by atoms with E-state index in [1.54, 1.807) is 24.7 Å². The molecule has 2 N–H and O–H groups in total. The number of hydrogen-bond donors (Lipinski definition) is 2. The number of hydrogen-bond acceptors (Lipinski definition) is 5. The average Bonchev–Trinajstić information content (AvgIpc) is 3.16. The highest BCUT2D eigenvalue weighted by molar-refractivity contribution is 5.73. The lowest BCUT2D eigenvalue weighted by molar-refractivity contribution is -0.139. The van der Waals surface area contributed by atoms with Crippen molar-refractivity contribution in [3.8, 4) is 11.4 Å². The van der Waals surface area contributed by atoms with Crippen LogP contribution >= 0.6 is 0 Å². The SMILES string of the molecule is CCc1nc(-c2ccoc2)nc(NC2=CCC(C(=O)O)C=C2)c1CC. The molecule has 1 aliphatic rings. The number of anilines is 1. The summed E-state index contributed by atoms with van der Waals surface area (Å²) in [6, 6.07) is 1.83. The fourth-order valence-electron chi connectivity index (χ4n) is 2.85. The van der Waals surface area contributed by atoms with Gasteiger partial charge in [-0.05, 0) is 31.4 Å². The second-order valence-corrected chi connectivity index (χ2v) is 5.86. The number of carbonyl (C=O) groups is 1. The minimum atomic E-state index is -0.807. The number of rotatable bonds is 6. The van der Waals surface area contributed by atoms with Crippen molar-refractivity contribution in [2.75, 3.05) is 5.32 Å². The first kappa shape index (κ1) is 17.0. The Balaban J connectivity index is 1.93. The lowest BCUT2D eigenvalue weighted by Crippen LogP contribution is -2.15. The van der Waals surface area contributed by atoms with Gasteiger partial charge in [-0.2, -0.15) is 0 Å². The van der Waals surface area contributed by atoms with E-state index < -0.39 is 11.9 Å². The van der Waals surface area contributed by atoms with Crippen LogP contribution in [0.2, 0.25) is 0 Å². The maximum atomic E-state index is 11.0. The molecule has 25 heavy (non-hydrogen) atoms. The van der Waals surface area contributed by atoms with Crippen molar-refractivity contribution in [2.24, 2.45) is 5.92 Å². The lowest BCUT2D eigenvalue weighted by atomic mass is 9.99. The molecule has 0 aliphatic heterocycles. The summed E-state index contributed by atoms with van der Waals surface area (Å²) >= 11 is 0. The zero-order valence-corrected chi connectivity index (χ0v) is 14.3. The molecule has 2 aromatic heterocycles. The molecule has 2 heterocycles. The van der Waals surface area contributed by atoms with Crippen LogP contribution < -0.4 is 5.32 Å². The van der Waals surface area contributed by atoms with E-state index in [0.29, 0.717) is 12.2 Å². The summed E-state index contributed by atoms with van der Waals surface area (Å²) in [5, 5.41) is 12.4. The minimum absolute atomic E-state index is 0.464. The second-order valence-electron chi connectivity index (χ2n) is 5.86. The zero-order chi connectivity index (χ0) is 17.8. The first-order valence-corrected chi connectivity index (χ1v) is 8.42. The van der Waals surface area contributed by atoms with Gasteiger partial charge in [0, 0.05) is 17.0 Å². The second kappa shape index (κ2) is 7.34. The third-order valence-corrected chi connectivity index (χ3v) is 4.24. The van der Waals surface area contributed by atoms with E-state index in [4.69, 9.17) is 9.52 Å². The number of allylic oxidation sites excluding steroid dienone is 2. The Kier molecular flexibility index (Phi) is 4.97. The van der Waals surface area contributed by atoms with Crippen LogP contribution in [0.5, 0.6) is 0 Å². The molecule has 0 bridgehead atoms. The Hall–Kier alpha value is -2.89. The largest absolute Gasteiger partial charge is 0.481 e.